The lowest BCUT2D eigenvalue weighted by atomic mass is 10.1. The summed E-state index contributed by atoms with van der Waals surface area (Å²) in [6, 6.07) is 2.16. The monoisotopic (exact) mass is 212 g/mol. The van der Waals surface area contributed by atoms with Crippen LogP contribution in [-0.4, -0.2) is 0 Å². The third-order valence-corrected chi connectivity index (χ3v) is 1.80. The lowest BCUT2D eigenvalue weighted by molar-refractivity contribution is -0.137. The molecule has 0 amide bonds. The van der Waals surface area contributed by atoms with Gasteiger partial charge in [0.25, 0.3) is 0 Å². The van der Waals surface area contributed by atoms with E-state index in [9.17, 15) is 17.6 Å². The third-order valence-electron chi connectivity index (χ3n) is 1.52. The van der Waals surface area contributed by atoms with Crippen molar-refractivity contribution in [1.29, 1.82) is 0 Å². The molecular weight excluding hydrogens is 208 g/mol. The lowest BCUT2D eigenvalue weighted by Crippen LogP contribution is -2.05. The fourth-order valence-corrected chi connectivity index (χ4v) is 1.06. The molecule has 1 rings (SSSR count). The Bertz CT molecular complexity index is 306. The van der Waals surface area contributed by atoms with E-state index in [1.807, 2.05) is 0 Å². The highest BCUT2D eigenvalue weighted by molar-refractivity contribution is 6.17. The predicted octanol–water partition coefficient (Wildman–Crippen LogP) is 3.58. The van der Waals surface area contributed by atoms with Crippen LogP contribution >= 0.6 is 11.6 Å². The van der Waals surface area contributed by atoms with Crippen molar-refractivity contribution in [2.45, 2.75) is 12.1 Å². The summed E-state index contributed by atoms with van der Waals surface area (Å²) in [7, 11) is 0. The Morgan fingerprint density at radius 1 is 1.23 bits per heavy atom. The first kappa shape index (κ1) is 10.3. The molecule has 0 aliphatic heterocycles. The van der Waals surface area contributed by atoms with Crippen molar-refractivity contribution in [2.75, 3.05) is 0 Å². The van der Waals surface area contributed by atoms with Gasteiger partial charge in [-0.1, -0.05) is 0 Å². The summed E-state index contributed by atoms with van der Waals surface area (Å²) < 4.78 is 48.9. The van der Waals surface area contributed by atoms with Crippen LogP contribution in [0.15, 0.2) is 18.2 Å². The maximum Gasteiger partial charge on any atom is 0.416 e. The maximum absolute atomic E-state index is 12.7. The van der Waals surface area contributed by atoms with Crippen LogP contribution in [0.1, 0.15) is 11.1 Å². The molecule has 0 heterocycles. The van der Waals surface area contributed by atoms with Gasteiger partial charge in [0, 0.05) is 5.56 Å². The molecule has 0 N–H and O–H groups in total. The molecule has 0 bridgehead atoms. The molecule has 0 spiro atoms. The quantitative estimate of drug-likeness (QED) is 0.493. The Kier molecular flexibility index (Phi) is 2.81. The summed E-state index contributed by atoms with van der Waals surface area (Å²) in [5.41, 5.74) is -1.03. The summed E-state index contributed by atoms with van der Waals surface area (Å²) in [6.07, 6.45) is -4.45. The summed E-state index contributed by atoms with van der Waals surface area (Å²) in [5, 5.41) is 0. The first-order chi connectivity index (χ1) is 5.95. The van der Waals surface area contributed by atoms with Crippen LogP contribution in [0, 0.1) is 5.82 Å². The first-order valence-electron chi connectivity index (χ1n) is 3.36. The number of alkyl halides is 4. The fourth-order valence-electron chi connectivity index (χ4n) is 0.853. The van der Waals surface area contributed by atoms with Gasteiger partial charge in [-0.3, -0.25) is 0 Å². The molecule has 0 aliphatic rings. The minimum atomic E-state index is -4.45. The van der Waals surface area contributed by atoms with E-state index in [4.69, 9.17) is 11.6 Å². The SMILES string of the molecule is Fc1ccc(C(F)(F)F)cc1CCl. The van der Waals surface area contributed by atoms with Crippen LogP contribution in [0.5, 0.6) is 0 Å². The fraction of sp³-hybridized carbons (Fsp3) is 0.250. The number of hydrogen-bond acceptors (Lipinski definition) is 0. The largest absolute Gasteiger partial charge is 0.416 e. The van der Waals surface area contributed by atoms with Gasteiger partial charge in [0.2, 0.25) is 0 Å². The van der Waals surface area contributed by atoms with E-state index in [0.29, 0.717) is 12.1 Å². The minimum Gasteiger partial charge on any atom is -0.207 e. The standard InChI is InChI=1S/C8H5ClF4/c9-4-5-3-6(8(11,12)13)1-2-7(5)10/h1-3H,4H2. The zero-order valence-corrected chi connectivity index (χ0v) is 7.08. The summed E-state index contributed by atoms with van der Waals surface area (Å²) in [6.45, 7) is 0. The number of benzene rings is 1. The van der Waals surface area contributed by atoms with E-state index in [0.717, 1.165) is 6.07 Å². The highest BCUT2D eigenvalue weighted by atomic mass is 35.5. The van der Waals surface area contributed by atoms with Gasteiger partial charge in [0.15, 0.2) is 0 Å². The molecule has 1 aromatic carbocycles. The second-order valence-corrected chi connectivity index (χ2v) is 2.70. The number of rotatable bonds is 1. The van der Waals surface area contributed by atoms with Gasteiger partial charge < -0.3 is 0 Å². The molecule has 5 heteroatoms. The predicted molar refractivity (Wildman–Crippen MR) is 41.0 cm³/mol. The molecule has 1 aromatic rings. The van der Waals surface area contributed by atoms with E-state index < -0.39 is 17.6 Å². The molecule has 0 atom stereocenters. The van der Waals surface area contributed by atoms with Crippen molar-refractivity contribution in [2.24, 2.45) is 0 Å². The van der Waals surface area contributed by atoms with Crippen molar-refractivity contribution < 1.29 is 17.6 Å². The topological polar surface area (TPSA) is 0 Å². The number of halogens is 5. The van der Waals surface area contributed by atoms with Crippen LogP contribution in [0.4, 0.5) is 17.6 Å². The Balaban J connectivity index is 3.14. The Labute approximate surface area is 77.1 Å². The van der Waals surface area contributed by atoms with Crippen LogP contribution in [0.3, 0.4) is 0 Å². The first-order valence-corrected chi connectivity index (χ1v) is 3.90. The Morgan fingerprint density at radius 3 is 2.31 bits per heavy atom. The van der Waals surface area contributed by atoms with E-state index in [-0.39, 0.29) is 11.4 Å². The van der Waals surface area contributed by atoms with Gasteiger partial charge in [-0.2, -0.15) is 13.2 Å². The summed E-state index contributed by atoms with van der Waals surface area (Å²) in [5.74, 6) is -0.988. The van der Waals surface area contributed by atoms with E-state index in [1.165, 1.54) is 0 Å². The maximum atomic E-state index is 12.7. The van der Waals surface area contributed by atoms with Crippen molar-refractivity contribution in [3.63, 3.8) is 0 Å². The summed E-state index contributed by atoms with van der Waals surface area (Å²) in [4.78, 5) is 0. The Morgan fingerprint density at radius 2 is 1.85 bits per heavy atom. The molecule has 72 valence electrons. The zero-order valence-electron chi connectivity index (χ0n) is 6.33. The molecule has 0 unspecified atom stereocenters. The van der Waals surface area contributed by atoms with Crippen LogP contribution in [-0.2, 0) is 12.1 Å². The van der Waals surface area contributed by atoms with Crippen LogP contribution in [0.2, 0.25) is 0 Å². The van der Waals surface area contributed by atoms with E-state index >= 15 is 0 Å². The minimum absolute atomic E-state index is 0.142. The Hall–Kier alpha value is -0.770. The van der Waals surface area contributed by atoms with Gasteiger partial charge in [-0.15, -0.1) is 11.6 Å². The van der Waals surface area contributed by atoms with Gasteiger partial charge in [0.1, 0.15) is 5.82 Å². The van der Waals surface area contributed by atoms with E-state index in [1.54, 1.807) is 0 Å². The second kappa shape index (κ2) is 3.54. The van der Waals surface area contributed by atoms with Gasteiger partial charge >= 0.3 is 6.18 Å². The van der Waals surface area contributed by atoms with Gasteiger partial charge in [-0.25, -0.2) is 4.39 Å². The molecule has 0 nitrogen and oxygen atoms in total. The highest BCUT2D eigenvalue weighted by Crippen LogP contribution is 2.30. The molecule has 0 fully saturated rings. The molecule has 0 saturated heterocycles. The third kappa shape index (κ3) is 2.34. The van der Waals surface area contributed by atoms with Crippen molar-refractivity contribution in [3.8, 4) is 0 Å². The zero-order chi connectivity index (χ0) is 10.1. The molecular formula is C8H5ClF4. The lowest BCUT2D eigenvalue weighted by Gasteiger charge is -2.07. The van der Waals surface area contributed by atoms with Crippen molar-refractivity contribution >= 4 is 11.6 Å². The van der Waals surface area contributed by atoms with E-state index in [2.05, 4.69) is 0 Å². The van der Waals surface area contributed by atoms with Gasteiger partial charge in [-0.05, 0) is 18.2 Å². The van der Waals surface area contributed by atoms with Crippen LogP contribution < -0.4 is 0 Å². The normalized spacial score (nSPS) is 11.8. The average molecular weight is 213 g/mol. The molecule has 0 saturated carbocycles. The molecule has 0 aliphatic carbocycles. The highest BCUT2D eigenvalue weighted by Gasteiger charge is 2.30. The second-order valence-electron chi connectivity index (χ2n) is 2.44. The number of hydrogen-bond donors (Lipinski definition) is 0. The smallest absolute Gasteiger partial charge is 0.207 e. The van der Waals surface area contributed by atoms with Crippen molar-refractivity contribution in [1.82, 2.24) is 0 Å². The average Bonchev–Trinajstić information content (AvgIpc) is 2.03. The molecule has 13 heavy (non-hydrogen) atoms. The molecule has 0 aromatic heterocycles. The van der Waals surface area contributed by atoms with Crippen LogP contribution in [0.25, 0.3) is 0 Å². The molecule has 0 radical (unpaired) electrons. The van der Waals surface area contributed by atoms with Crippen molar-refractivity contribution in [3.05, 3.63) is 35.1 Å². The van der Waals surface area contributed by atoms with Gasteiger partial charge in [0.05, 0.1) is 11.4 Å². The summed E-state index contributed by atoms with van der Waals surface area (Å²) >= 11 is 5.25.